The number of hydrogen-bond acceptors (Lipinski definition) is 5. The van der Waals surface area contributed by atoms with Gasteiger partial charge in [-0.2, -0.15) is 0 Å². The van der Waals surface area contributed by atoms with Crippen molar-refractivity contribution < 1.29 is 9.53 Å². The summed E-state index contributed by atoms with van der Waals surface area (Å²) in [5.74, 6) is -0.0682. The Morgan fingerprint density at radius 3 is 2.62 bits per heavy atom. The van der Waals surface area contributed by atoms with Crippen molar-refractivity contribution in [3.8, 4) is 0 Å². The Bertz CT molecular complexity index is 1020. The Balaban J connectivity index is 2.22. The summed E-state index contributed by atoms with van der Waals surface area (Å²) in [7, 11) is 5.06. The highest BCUT2D eigenvalue weighted by Crippen LogP contribution is 2.12. The molecule has 0 saturated heterocycles. The molecule has 0 atom stereocenters. The lowest BCUT2D eigenvalue weighted by atomic mass is 10.2. The van der Waals surface area contributed by atoms with Gasteiger partial charge in [-0.15, -0.1) is 5.10 Å². The smallest absolute Gasteiger partial charge is 0.340 e. The topological polar surface area (TPSA) is 68.8 Å². The zero-order valence-corrected chi connectivity index (χ0v) is 14.9. The van der Waals surface area contributed by atoms with E-state index in [0.29, 0.717) is 12.4 Å². The van der Waals surface area contributed by atoms with Crippen LogP contribution in [0.3, 0.4) is 0 Å². The van der Waals surface area contributed by atoms with Crippen molar-refractivity contribution in [1.29, 1.82) is 0 Å². The Kier molecular flexibility index (Phi) is 4.88. The fraction of sp³-hybridized carbons (Fsp3) is 0.211. The fourth-order valence-corrected chi connectivity index (χ4v) is 2.65. The van der Waals surface area contributed by atoms with E-state index in [0.717, 1.165) is 5.56 Å². The largest absolute Gasteiger partial charge is 0.465 e. The van der Waals surface area contributed by atoms with E-state index >= 15 is 0 Å². The molecule has 2 heterocycles. The van der Waals surface area contributed by atoms with Gasteiger partial charge in [0.15, 0.2) is 5.82 Å². The minimum absolute atomic E-state index is 0.204. The molecule has 3 aromatic rings. The van der Waals surface area contributed by atoms with Crippen molar-refractivity contribution >= 4 is 17.6 Å². The number of esters is 1. The van der Waals surface area contributed by atoms with Gasteiger partial charge in [0.05, 0.1) is 19.2 Å². The first-order valence-electron chi connectivity index (χ1n) is 8.10. The first-order valence-corrected chi connectivity index (χ1v) is 8.10. The quantitative estimate of drug-likeness (QED) is 0.656. The SMILES string of the molecule is COC(=O)c1ccn2nc(/C=C/N(C)C)n(Cc3ccccc3)c(=O)c12. The second kappa shape index (κ2) is 7.26. The first kappa shape index (κ1) is 17.5. The lowest BCUT2D eigenvalue weighted by Crippen LogP contribution is -2.28. The molecule has 26 heavy (non-hydrogen) atoms. The molecule has 0 bridgehead atoms. The lowest BCUT2D eigenvalue weighted by Gasteiger charge is -2.12. The highest BCUT2D eigenvalue weighted by Gasteiger charge is 2.19. The van der Waals surface area contributed by atoms with E-state index in [1.807, 2.05) is 55.5 Å². The van der Waals surface area contributed by atoms with Crippen molar-refractivity contribution in [1.82, 2.24) is 19.1 Å². The number of nitrogens with zero attached hydrogens (tertiary/aromatic N) is 4. The molecule has 134 valence electrons. The fourth-order valence-electron chi connectivity index (χ4n) is 2.65. The molecular formula is C19H20N4O3. The maximum Gasteiger partial charge on any atom is 0.340 e. The summed E-state index contributed by atoms with van der Waals surface area (Å²) in [6, 6.07) is 11.2. The summed E-state index contributed by atoms with van der Waals surface area (Å²) in [6.07, 6.45) is 5.17. The van der Waals surface area contributed by atoms with E-state index in [9.17, 15) is 9.59 Å². The van der Waals surface area contributed by atoms with Gasteiger partial charge in [0.1, 0.15) is 5.52 Å². The molecule has 0 spiro atoms. The molecule has 0 aliphatic heterocycles. The average Bonchev–Trinajstić information content (AvgIpc) is 3.07. The van der Waals surface area contributed by atoms with Crippen LogP contribution in [0.2, 0.25) is 0 Å². The molecule has 1 aromatic carbocycles. The molecule has 7 nitrogen and oxygen atoms in total. The zero-order chi connectivity index (χ0) is 18.7. The van der Waals surface area contributed by atoms with Gasteiger partial charge in [0.25, 0.3) is 5.56 Å². The molecule has 0 saturated carbocycles. The van der Waals surface area contributed by atoms with Crippen LogP contribution in [0.5, 0.6) is 0 Å². The molecule has 0 fully saturated rings. The van der Waals surface area contributed by atoms with Crippen molar-refractivity contribution in [3.63, 3.8) is 0 Å². The van der Waals surface area contributed by atoms with Crippen molar-refractivity contribution in [3.05, 3.63) is 76.1 Å². The molecule has 0 N–H and O–H groups in total. The molecule has 0 unspecified atom stereocenters. The molecule has 3 rings (SSSR count). The van der Waals surface area contributed by atoms with Crippen LogP contribution < -0.4 is 5.56 Å². The monoisotopic (exact) mass is 352 g/mol. The maximum atomic E-state index is 13.1. The molecule has 0 aliphatic rings. The van der Waals surface area contributed by atoms with E-state index in [2.05, 4.69) is 5.10 Å². The van der Waals surface area contributed by atoms with Gasteiger partial charge in [-0.25, -0.2) is 9.31 Å². The number of rotatable bonds is 5. The van der Waals surface area contributed by atoms with Crippen LogP contribution in [-0.4, -0.2) is 46.3 Å². The van der Waals surface area contributed by atoms with E-state index in [1.54, 1.807) is 22.9 Å². The Morgan fingerprint density at radius 2 is 1.96 bits per heavy atom. The molecule has 7 heteroatoms. The third-order valence-corrected chi connectivity index (χ3v) is 3.91. The van der Waals surface area contributed by atoms with Gasteiger partial charge in [0.2, 0.25) is 0 Å². The van der Waals surface area contributed by atoms with Crippen molar-refractivity contribution in [2.75, 3.05) is 21.2 Å². The molecule has 0 radical (unpaired) electrons. The number of fused-ring (bicyclic) bond motifs is 1. The van der Waals surface area contributed by atoms with E-state index in [-0.39, 0.29) is 16.6 Å². The van der Waals surface area contributed by atoms with Crippen LogP contribution >= 0.6 is 0 Å². The van der Waals surface area contributed by atoms with Crippen molar-refractivity contribution in [2.24, 2.45) is 0 Å². The molecule has 0 aliphatic carbocycles. The second-order valence-electron chi connectivity index (χ2n) is 6.03. The van der Waals surface area contributed by atoms with Gasteiger partial charge in [-0.3, -0.25) is 9.36 Å². The normalized spacial score (nSPS) is 11.2. The summed E-state index contributed by atoms with van der Waals surface area (Å²) < 4.78 is 7.75. The van der Waals surface area contributed by atoms with Crippen LogP contribution in [0.25, 0.3) is 11.6 Å². The van der Waals surface area contributed by atoms with Gasteiger partial charge in [-0.05, 0) is 17.7 Å². The minimum Gasteiger partial charge on any atom is -0.465 e. The predicted molar refractivity (Wildman–Crippen MR) is 99.1 cm³/mol. The molecule has 2 aromatic heterocycles. The second-order valence-corrected chi connectivity index (χ2v) is 6.03. The lowest BCUT2D eigenvalue weighted by molar-refractivity contribution is 0.0603. The number of ether oxygens (including phenoxy) is 1. The highest BCUT2D eigenvalue weighted by atomic mass is 16.5. The Hall–Kier alpha value is -3.35. The van der Waals surface area contributed by atoms with Gasteiger partial charge >= 0.3 is 5.97 Å². The van der Waals surface area contributed by atoms with Crippen LogP contribution in [0.4, 0.5) is 0 Å². The minimum atomic E-state index is -0.561. The van der Waals surface area contributed by atoms with Crippen LogP contribution in [-0.2, 0) is 11.3 Å². The number of carbonyl (C=O) groups is 1. The van der Waals surface area contributed by atoms with E-state index in [4.69, 9.17) is 4.74 Å². The Morgan fingerprint density at radius 1 is 1.23 bits per heavy atom. The van der Waals surface area contributed by atoms with Gasteiger partial charge < -0.3 is 9.64 Å². The first-order chi connectivity index (χ1) is 12.5. The summed E-state index contributed by atoms with van der Waals surface area (Å²) in [5, 5.41) is 4.50. The van der Waals surface area contributed by atoms with Gasteiger partial charge in [0, 0.05) is 26.5 Å². The number of methoxy groups -OCH3 is 1. The third-order valence-electron chi connectivity index (χ3n) is 3.91. The summed E-state index contributed by atoms with van der Waals surface area (Å²) >= 11 is 0. The summed E-state index contributed by atoms with van der Waals surface area (Å²) in [6.45, 7) is 0.349. The number of aromatic nitrogens is 3. The molecular weight excluding hydrogens is 332 g/mol. The van der Waals surface area contributed by atoms with E-state index in [1.165, 1.54) is 11.6 Å². The van der Waals surface area contributed by atoms with Crippen molar-refractivity contribution in [2.45, 2.75) is 6.54 Å². The third kappa shape index (κ3) is 3.37. The van der Waals surface area contributed by atoms with E-state index < -0.39 is 5.97 Å². The Labute approximate surface area is 150 Å². The summed E-state index contributed by atoms with van der Waals surface area (Å²) in [4.78, 5) is 27.0. The van der Waals surface area contributed by atoms with Crippen LogP contribution in [0, 0.1) is 0 Å². The van der Waals surface area contributed by atoms with Gasteiger partial charge in [-0.1, -0.05) is 30.3 Å². The highest BCUT2D eigenvalue weighted by molar-refractivity contribution is 5.96. The molecule has 0 amide bonds. The number of carbonyl (C=O) groups excluding carboxylic acids is 1. The standard InChI is InChI=1S/C19H20N4O3/c1-21(2)11-10-16-20-23-12-9-15(19(25)26-3)17(23)18(24)22(16)13-14-7-5-4-6-8-14/h4-12H,13H2,1-3H3/b11-10+. The van der Waals surface area contributed by atoms with Crippen LogP contribution in [0.1, 0.15) is 21.7 Å². The summed E-state index contributed by atoms with van der Waals surface area (Å²) in [5.41, 5.74) is 1.07. The maximum absolute atomic E-state index is 13.1. The predicted octanol–water partition coefficient (Wildman–Crippen LogP) is 1.86. The van der Waals surface area contributed by atoms with Crippen LogP contribution in [0.15, 0.2) is 53.6 Å². The number of hydrogen-bond donors (Lipinski definition) is 0. The average molecular weight is 352 g/mol. The number of benzene rings is 1. The zero-order valence-electron chi connectivity index (χ0n) is 14.9.